The number of halogens is 2. The second-order valence-corrected chi connectivity index (χ2v) is 5.85. The van der Waals surface area contributed by atoms with Crippen LogP contribution in [0.15, 0.2) is 45.3 Å². The molecule has 2 aromatic rings. The van der Waals surface area contributed by atoms with Crippen LogP contribution in [0.4, 0.5) is 0 Å². The van der Waals surface area contributed by atoms with Crippen LogP contribution in [0.3, 0.4) is 0 Å². The number of carbonyl (C=O) groups is 1. The lowest BCUT2D eigenvalue weighted by atomic mass is 10.2. The summed E-state index contributed by atoms with van der Waals surface area (Å²) in [6.07, 6.45) is 0. The molecule has 0 saturated carbocycles. The number of amides is 1. The zero-order valence-corrected chi connectivity index (χ0v) is 13.3. The largest absolute Gasteiger partial charge is 0.456 e. The highest BCUT2D eigenvalue weighted by Crippen LogP contribution is 2.31. The van der Waals surface area contributed by atoms with E-state index in [4.69, 9.17) is 10.5 Å². The van der Waals surface area contributed by atoms with Crippen LogP contribution in [-0.2, 0) is 0 Å². The second kappa shape index (κ2) is 5.75. The molecule has 0 bridgehead atoms. The van der Waals surface area contributed by atoms with Crippen molar-refractivity contribution < 1.29 is 9.53 Å². The van der Waals surface area contributed by atoms with Gasteiger partial charge in [0.1, 0.15) is 11.5 Å². The Balaban J connectivity index is 2.40. The van der Waals surface area contributed by atoms with Crippen molar-refractivity contribution in [2.75, 3.05) is 0 Å². The summed E-state index contributed by atoms with van der Waals surface area (Å²) < 4.78 is 7.52. The summed E-state index contributed by atoms with van der Waals surface area (Å²) in [4.78, 5) is 11.4. The minimum atomic E-state index is -0.522. The van der Waals surface area contributed by atoms with Crippen LogP contribution in [0.2, 0.25) is 0 Å². The predicted octanol–water partition coefficient (Wildman–Crippen LogP) is 4.41. The molecule has 5 heteroatoms. The molecule has 2 aromatic carbocycles. The van der Waals surface area contributed by atoms with Gasteiger partial charge < -0.3 is 10.5 Å². The van der Waals surface area contributed by atoms with E-state index in [1.807, 2.05) is 25.1 Å². The van der Waals surface area contributed by atoms with Crippen LogP contribution >= 0.6 is 31.9 Å². The van der Waals surface area contributed by atoms with E-state index >= 15 is 0 Å². The van der Waals surface area contributed by atoms with E-state index in [1.165, 1.54) is 0 Å². The predicted molar refractivity (Wildman–Crippen MR) is 81.6 cm³/mol. The summed E-state index contributed by atoms with van der Waals surface area (Å²) >= 11 is 6.70. The Hall–Kier alpha value is -1.33. The molecule has 0 aromatic heterocycles. The molecule has 0 aliphatic carbocycles. The van der Waals surface area contributed by atoms with E-state index < -0.39 is 5.91 Å². The molecular formula is C14H11Br2NO2. The van der Waals surface area contributed by atoms with Crippen LogP contribution in [0.1, 0.15) is 15.9 Å². The summed E-state index contributed by atoms with van der Waals surface area (Å²) in [7, 11) is 0. The Morgan fingerprint density at radius 2 is 1.63 bits per heavy atom. The number of benzene rings is 2. The molecule has 0 aliphatic rings. The summed E-state index contributed by atoms with van der Waals surface area (Å²) in [6.45, 7) is 1.93. The van der Waals surface area contributed by atoms with Crippen LogP contribution in [0.25, 0.3) is 0 Å². The quantitative estimate of drug-likeness (QED) is 0.851. The van der Waals surface area contributed by atoms with Crippen molar-refractivity contribution in [3.05, 3.63) is 56.5 Å². The Kier molecular flexibility index (Phi) is 4.27. The third-order valence-electron chi connectivity index (χ3n) is 2.56. The monoisotopic (exact) mass is 383 g/mol. The van der Waals surface area contributed by atoms with Crippen molar-refractivity contribution in [1.82, 2.24) is 0 Å². The average molecular weight is 385 g/mol. The van der Waals surface area contributed by atoms with Gasteiger partial charge in [0.2, 0.25) is 0 Å². The fourth-order valence-corrected chi connectivity index (χ4v) is 2.47. The minimum Gasteiger partial charge on any atom is -0.456 e. The first-order valence-corrected chi connectivity index (χ1v) is 7.09. The summed E-state index contributed by atoms with van der Waals surface area (Å²) in [5.74, 6) is 0.611. The number of nitrogens with two attached hydrogens (primary N) is 1. The molecule has 0 spiro atoms. The highest BCUT2D eigenvalue weighted by molar-refractivity contribution is 9.10. The lowest BCUT2D eigenvalue weighted by Crippen LogP contribution is -2.12. The summed E-state index contributed by atoms with van der Waals surface area (Å²) in [6, 6.07) is 10.8. The number of primary amides is 1. The van der Waals surface area contributed by atoms with E-state index in [9.17, 15) is 4.79 Å². The SMILES string of the molecule is Cc1cc(Br)ccc1Oc1ccc(Br)cc1C(N)=O. The number of aryl methyl sites for hydroxylation is 1. The van der Waals surface area contributed by atoms with Gasteiger partial charge in [0.15, 0.2) is 0 Å². The van der Waals surface area contributed by atoms with Gasteiger partial charge in [-0.2, -0.15) is 0 Å². The molecule has 0 radical (unpaired) electrons. The van der Waals surface area contributed by atoms with Crippen molar-refractivity contribution in [3.8, 4) is 11.5 Å². The number of carbonyl (C=O) groups excluding carboxylic acids is 1. The first-order chi connectivity index (χ1) is 8.97. The van der Waals surface area contributed by atoms with Gasteiger partial charge in [-0.25, -0.2) is 0 Å². The highest BCUT2D eigenvalue weighted by Gasteiger charge is 2.12. The number of hydrogen-bond donors (Lipinski definition) is 1. The van der Waals surface area contributed by atoms with Gasteiger partial charge in [0.25, 0.3) is 5.91 Å². The van der Waals surface area contributed by atoms with Gasteiger partial charge in [0.05, 0.1) is 5.56 Å². The van der Waals surface area contributed by atoms with Gasteiger partial charge in [-0.05, 0) is 48.9 Å². The third kappa shape index (κ3) is 3.36. The molecule has 2 N–H and O–H groups in total. The van der Waals surface area contributed by atoms with Crippen molar-refractivity contribution in [3.63, 3.8) is 0 Å². The maximum atomic E-state index is 11.4. The molecular weight excluding hydrogens is 374 g/mol. The maximum Gasteiger partial charge on any atom is 0.252 e. The molecule has 0 aliphatic heterocycles. The van der Waals surface area contributed by atoms with Gasteiger partial charge in [-0.1, -0.05) is 31.9 Å². The first kappa shape index (κ1) is 14.1. The van der Waals surface area contributed by atoms with E-state index in [0.717, 1.165) is 14.5 Å². The van der Waals surface area contributed by atoms with Gasteiger partial charge >= 0.3 is 0 Å². The van der Waals surface area contributed by atoms with Gasteiger partial charge in [-0.15, -0.1) is 0 Å². The smallest absolute Gasteiger partial charge is 0.252 e. The molecule has 0 atom stereocenters. The number of ether oxygens (including phenoxy) is 1. The number of rotatable bonds is 3. The number of hydrogen-bond acceptors (Lipinski definition) is 2. The molecule has 3 nitrogen and oxygen atoms in total. The Bertz CT molecular complexity index is 641. The summed E-state index contributed by atoms with van der Waals surface area (Å²) in [5.41, 5.74) is 6.66. The maximum absolute atomic E-state index is 11.4. The zero-order valence-electron chi connectivity index (χ0n) is 10.1. The van der Waals surface area contributed by atoms with Crippen LogP contribution in [0.5, 0.6) is 11.5 Å². The molecule has 19 heavy (non-hydrogen) atoms. The Labute approximate surface area is 128 Å². The molecule has 98 valence electrons. The van der Waals surface area contributed by atoms with E-state index in [2.05, 4.69) is 31.9 Å². The normalized spacial score (nSPS) is 10.3. The fourth-order valence-electron chi connectivity index (χ4n) is 1.63. The molecule has 0 saturated heterocycles. The molecule has 1 amide bonds. The van der Waals surface area contributed by atoms with E-state index in [-0.39, 0.29) is 0 Å². The van der Waals surface area contributed by atoms with Crippen LogP contribution in [-0.4, -0.2) is 5.91 Å². The standard InChI is InChI=1S/C14H11Br2NO2/c1-8-6-9(15)2-4-12(8)19-13-5-3-10(16)7-11(13)14(17)18/h2-7H,1H3,(H2,17,18). The lowest BCUT2D eigenvalue weighted by Gasteiger charge is -2.12. The molecule has 0 fully saturated rings. The van der Waals surface area contributed by atoms with E-state index in [0.29, 0.717) is 17.1 Å². The van der Waals surface area contributed by atoms with Gasteiger partial charge in [0, 0.05) is 8.95 Å². The first-order valence-electron chi connectivity index (χ1n) is 5.51. The van der Waals surface area contributed by atoms with Crippen molar-refractivity contribution >= 4 is 37.8 Å². The highest BCUT2D eigenvalue weighted by atomic mass is 79.9. The fraction of sp³-hybridized carbons (Fsp3) is 0.0714. The van der Waals surface area contributed by atoms with Crippen LogP contribution in [0, 0.1) is 6.92 Å². The molecule has 0 unspecified atom stereocenters. The average Bonchev–Trinajstić information content (AvgIpc) is 2.34. The minimum absolute atomic E-state index is 0.344. The summed E-state index contributed by atoms with van der Waals surface area (Å²) in [5, 5.41) is 0. The molecule has 0 heterocycles. The molecule has 2 rings (SSSR count). The third-order valence-corrected chi connectivity index (χ3v) is 3.55. The van der Waals surface area contributed by atoms with Crippen LogP contribution < -0.4 is 10.5 Å². The van der Waals surface area contributed by atoms with E-state index in [1.54, 1.807) is 18.2 Å². The van der Waals surface area contributed by atoms with Gasteiger partial charge in [-0.3, -0.25) is 4.79 Å². The van der Waals surface area contributed by atoms with Crippen molar-refractivity contribution in [1.29, 1.82) is 0 Å². The lowest BCUT2D eigenvalue weighted by molar-refractivity contribution is 0.0998. The van der Waals surface area contributed by atoms with Crippen molar-refractivity contribution in [2.24, 2.45) is 5.73 Å². The topological polar surface area (TPSA) is 52.3 Å². The zero-order chi connectivity index (χ0) is 14.0. The second-order valence-electron chi connectivity index (χ2n) is 4.02. The Morgan fingerprint density at radius 1 is 1.05 bits per heavy atom. The Morgan fingerprint density at radius 3 is 2.21 bits per heavy atom. The van der Waals surface area contributed by atoms with Crippen molar-refractivity contribution in [2.45, 2.75) is 6.92 Å².